The SMILES string of the molecule is C=C(N=C(N=C(N)Nc1cncc(F)c1)c1ccccc1)NC(C)C. The second-order valence-corrected chi connectivity index (χ2v) is 5.56. The highest BCUT2D eigenvalue weighted by atomic mass is 19.1. The first-order valence-electron chi connectivity index (χ1n) is 7.75. The van der Waals surface area contributed by atoms with Gasteiger partial charge < -0.3 is 16.4 Å². The third-order valence-electron chi connectivity index (χ3n) is 2.93. The van der Waals surface area contributed by atoms with Gasteiger partial charge >= 0.3 is 0 Å². The van der Waals surface area contributed by atoms with Gasteiger partial charge in [-0.05, 0) is 13.8 Å². The summed E-state index contributed by atoms with van der Waals surface area (Å²) in [6.07, 6.45) is 2.56. The summed E-state index contributed by atoms with van der Waals surface area (Å²) in [7, 11) is 0. The van der Waals surface area contributed by atoms with E-state index in [1.165, 1.54) is 12.3 Å². The Labute approximate surface area is 146 Å². The van der Waals surface area contributed by atoms with Crippen molar-refractivity contribution in [1.82, 2.24) is 10.3 Å². The zero-order valence-corrected chi connectivity index (χ0v) is 14.2. The van der Waals surface area contributed by atoms with Gasteiger partial charge in [-0.15, -0.1) is 0 Å². The van der Waals surface area contributed by atoms with Crippen molar-refractivity contribution in [2.75, 3.05) is 5.32 Å². The molecule has 7 heteroatoms. The van der Waals surface area contributed by atoms with Crippen molar-refractivity contribution in [3.63, 3.8) is 0 Å². The number of rotatable bonds is 5. The second kappa shape index (κ2) is 8.58. The molecule has 4 N–H and O–H groups in total. The van der Waals surface area contributed by atoms with Crippen LogP contribution in [0.5, 0.6) is 0 Å². The Morgan fingerprint density at radius 3 is 2.56 bits per heavy atom. The molecular weight excluding hydrogens is 319 g/mol. The lowest BCUT2D eigenvalue weighted by atomic mass is 10.2. The monoisotopic (exact) mass is 340 g/mol. The average Bonchev–Trinajstić information content (AvgIpc) is 2.54. The summed E-state index contributed by atoms with van der Waals surface area (Å²) >= 11 is 0. The zero-order valence-electron chi connectivity index (χ0n) is 14.2. The highest BCUT2D eigenvalue weighted by Gasteiger charge is 2.06. The maximum atomic E-state index is 13.2. The largest absolute Gasteiger partial charge is 0.369 e. The molecule has 0 saturated heterocycles. The number of halogens is 1. The van der Waals surface area contributed by atoms with Gasteiger partial charge in [0, 0.05) is 17.7 Å². The standard InChI is InChI=1S/C18H21FN6/c1-12(2)22-13(3)23-17(14-7-5-4-6-8-14)25-18(20)24-16-9-15(19)10-21-11-16/h4-12,22H,3H2,1-2H3,(H3,20,23,24,25). The summed E-state index contributed by atoms with van der Waals surface area (Å²) in [5.41, 5.74) is 7.10. The Hall–Kier alpha value is -3.22. The highest BCUT2D eigenvalue weighted by molar-refractivity contribution is 6.09. The minimum Gasteiger partial charge on any atom is -0.369 e. The van der Waals surface area contributed by atoms with Crippen LogP contribution in [0.2, 0.25) is 0 Å². The van der Waals surface area contributed by atoms with E-state index in [1.54, 1.807) is 0 Å². The van der Waals surface area contributed by atoms with Crippen LogP contribution >= 0.6 is 0 Å². The number of amidine groups is 1. The smallest absolute Gasteiger partial charge is 0.199 e. The van der Waals surface area contributed by atoms with Gasteiger partial charge in [-0.25, -0.2) is 9.38 Å². The minimum absolute atomic E-state index is 0.0624. The molecule has 0 aliphatic rings. The Morgan fingerprint density at radius 1 is 1.20 bits per heavy atom. The van der Waals surface area contributed by atoms with Crippen molar-refractivity contribution in [1.29, 1.82) is 0 Å². The van der Waals surface area contributed by atoms with E-state index < -0.39 is 5.82 Å². The molecule has 0 bridgehead atoms. The van der Waals surface area contributed by atoms with E-state index in [-0.39, 0.29) is 12.0 Å². The molecule has 0 spiro atoms. The zero-order chi connectivity index (χ0) is 18.2. The fourth-order valence-electron chi connectivity index (χ4n) is 2.00. The molecule has 0 fully saturated rings. The van der Waals surface area contributed by atoms with Crippen LogP contribution in [0.1, 0.15) is 19.4 Å². The van der Waals surface area contributed by atoms with E-state index in [0.29, 0.717) is 17.3 Å². The molecular formula is C18H21FN6. The van der Waals surface area contributed by atoms with E-state index in [0.717, 1.165) is 11.8 Å². The number of anilines is 1. The lowest BCUT2D eigenvalue weighted by Crippen LogP contribution is -2.25. The van der Waals surface area contributed by atoms with Crippen LogP contribution in [-0.4, -0.2) is 22.8 Å². The van der Waals surface area contributed by atoms with Gasteiger partial charge in [0.15, 0.2) is 11.8 Å². The third-order valence-corrected chi connectivity index (χ3v) is 2.93. The van der Waals surface area contributed by atoms with Gasteiger partial charge in [0.2, 0.25) is 0 Å². The van der Waals surface area contributed by atoms with E-state index in [4.69, 9.17) is 5.73 Å². The lowest BCUT2D eigenvalue weighted by Gasteiger charge is -2.11. The summed E-state index contributed by atoms with van der Waals surface area (Å²) in [6.45, 7) is 7.84. The molecule has 1 heterocycles. The number of hydrogen-bond donors (Lipinski definition) is 3. The maximum Gasteiger partial charge on any atom is 0.199 e. The summed E-state index contributed by atoms with van der Waals surface area (Å²) < 4.78 is 13.2. The molecule has 0 unspecified atom stereocenters. The van der Waals surface area contributed by atoms with E-state index in [9.17, 15) is 4.39 Å². The molecule has 6 nitrogen and oxygen atoms in total. The summed E-state index contributed by atoms with van der Waals surface area (Å²) in [6, 6.07) is 10.8. The van der Waals surface area contributed by atoms with Crippen molar-refractivity contribution in [2.24, 2.45) is 15.7 Å². The number of benzene rings is 1. The summed E-state index contributed by atoms with van der Waals surface area (Å²) in [4.78, 5) is 12.5. The van der Waals surface area contributed by atoms with Crippen LogP contribution in [0.4, 0.5) is 10.1 Å². The number of nitrogens with one attached hydrogen (secondary N) is 2. The van der Waals surface area contributed by atoms with Gasteiger partial charge in [-0.2, -0.15) is 4.99 Å². The van der Waals surface area contributed by atoms with Gasteiger partial charge in [0.25, 0.3) is 0 Å². The van der Waals surface area contributed by atoms with Crippen molar-refractivity contribution >= 4 is 17.5 Å². The summed E-state index contributed by atoms with van der Waals surface area (Å²) in [5.74, 6) is 0.447. The number of guanidine groups is 1. The predicted octanol–water partition coefficient (Wildman–Crippen LogP) is 2.86. The lowest BCUT2D eigenvalue weighted by molar-refractivity contribution is 0.622. The number of aliphatic imine (C=N–C) groups is 2. The van der Waals surface area contributed by atoms with Crippen LogP contribution in [-0.2, 0) is 0 Å². The molecule has 0 radical (unpaired) electrons. The number of aromatic nitrogens is 1. The van der Waals surface area contributed by atoms with Crippen molar-refractivity contribution in [3.8, 4) is 0 Å². The molecule has 130 valence electrons. The van der Waals surface area contributed by atoms with E-state index in [1.807, 2.05) is 44.2 Å². The van der Waals surface area contributed by atoms with Gasteiger partial charge in [-0.3, -0.25) is 4.98 Å². The molecule has 0 amide bonds. The number of pyridine rings is 1. The molecule has 0 aliphatic carbocycles. The van der Waals surface area contributed by atoms with Crippen molar-refractivity contribution < 1.29 is 4.39 Å². The number of nitrogens with two attached hydrogens (primary N) is 1. The van der Waals surface area contributed by atoms with Crippen LogP contribution in [0.25, 0.3) is 0 Å². The molecule has 25 heavy (non-hydrogen) atoms. The molecule has 2 rings (SSSR count). The van der Waals surface area contributed by atoms with Gasteiger partial charge in [0.1, 0.15) is 11.6 Å². The van der Waals surface area contributed by atoms with E-state index >= 15 is 0 Å². The topological polar surface area (TPSA) is 87.7 Å². The Kier molecular flexibility index (Phi) is 6.22. The summed E-state index contributed by atoms with van der Waals surface area (Å²) in [5, 5.41) is 5.89. The fourth-order valence-corrected chi connectivity index (χ4v) is 2.00. The third kappa shape index (κ3) is 6.06. The van der Waals surface area contributed by atoms with Crippen molar-refractivity contribution in [2.45, 2.75) is 19.9 Å². The Balaban J connectivity index is 2.28. The normalized spacial score (nSPS) is 12.2. The first-order chi connectivity index (χ1) is 11.9. The van der Waals surface area contributed by atoms with E-state index in [2.05, 4.69) is 32.2 Å². The molecule has 0 atom stereocenters. The first kappa shape index (κ1) is 18.1. The first-order valence-corrected chi connectivity index (χ1v) is 7.75. The molecule has 0 saturated carbocycles. The Morgan fingerprint density at radius 2 is 1.92 bits per heavy atom. The average molecular weight is 340 g/mol. The Bertz CT molecular complexity index is 783. The molecule has 1 aromatic carbocycles. The van der Waals surface area contributed by atoms with Crippen LogP contribution in [0, 0.1) is 5.82 Å². The van der Waals surface area contributed by atoms with Crippen LogP contribution in [0.3, 0.4) is 0 Å². The highest BCUT2D eigenvalue weighted by Crippen LogP contribution is 2.08. The van der Waals surface area contributed by atoms with Crippen molar-refractivity contribution in [3.05, 3.63) is 72.6 Å². The van der Waals surface area contributed by atoms with Crippen LogP contribution in [0.15, 0.2) is 71.2 Å². The maximum absolute atomic E-state index is 13.2. The van der Waals surface area contributed by atoms with Crippen LogP contribution < -0.4 is 16.4 Å². The number of hydrogen-bond acceptors (Lipinski definition) is 3. The second-order valence-electron chi connectivity index (χ2n) is 5.56. The predicted molar refractivity (Wildman–Crippen MR) is 99.8 cm³/mol. The quantitative estimate of drug-likeness (QED) is 0.577. The molecule has 0 aliphatic heterocycles. The van der Waals surface area contributed by atoms with Gasteiger partial charge in [0.05, 0.1) is 18.1 Å². The molecule has 1 aromatic heterocycles. The van der Waals surface area contributed by atoms with Gasteiger partial charge in [-0.1, -0.05) is 36.9 Å². The molecule has 2 aromatic rings. The fraction of sp³-hybridized carbons (Fsp3) is 0.167. The minimum atomic E-state index is -0.468. The number of nitrogens with zero attached hydrogens (tertiary/aromatic N) is 3.